The van der Waals surface area contributed by atoms with Gasteiger partial charge in [-0.15, -0.1) is 0 Å². The van der Waals surface area contributed by atoms with E-state index in [1.54, 1.807) is 27.7 Å². The van der Waals surface area contributed by atoms with Gasteiger partial charge in [-0.2, -0.15) is 0 Å². The Labute approximate surface area is 92.5 Å². The third kappa shape index (κ3) is 6.88. The fraction of sp³-hybridized carbons (Fsp3) is 0.778. The van der Waals surface area contributed by atoms with Crippen molar-refractivity contribution in [3.63, 3.8) is 0 Å². The summed E-state index contributed by atoms with van der Waals surface area (Å²) in [7, 11) is 0. The molecule has 0 aromatic rings. The third-order valence-electron chi connectivity index (χ3n) is 1.19. The van der Waals surface area contributed by atoms with Gasteiger partial charge in [0.05, 0.1) is 4.83 Å². The average molecular weight is 266 g/mol. The van der Waals surface area contributed by atoms with E-state index in [0.717, 1.165) is 0 Å². The molecule has 0 spiro atoms. The topological polar surface area (TPSA) is 55.4 Å². The standard InChI is InChI=1S/C9H16BrNO3/c1-6(10)8(13)11-5-7(12)14-9(2,3)4/h6H,5H2,1-4H3,(H,11,13). The van der Waals surface area contributed by atoms with E-state index >= 15 is 0 Å². The highest BCUT2D eigenvalue weighted by Gasteiger charge is 2.17. The number of rotatable bonds is 3. The molecule has 5 heteroatoms. The minimum Gasteiger partial charge on any atom is -0.459 e. The van der Waals surface area contributed by atoms with Crippen LogP contribution >= 0.6 is 15.9 Å². The first-order valence-electron chi connectivity index (χ1n) is 4.36. The molecule has 1 amide bonds. The number of halogens is 1. The van der Waals surface area contributed by atoms with Gasteiger partial charge in [-0.1, -0.05) is 15.9 Å². The maximum atomic E-state index is 11.1. The van der Waals surface area contributed by atoms with Gasteiger partial charge >= 0.3 is 5.97 Å². The summed E-state index contributed by atoms with van der Waals surface area (Å²) in [5, 5.41) is 2.44. The fourth-order valence-electron chi connectivity index (χ4n) is 0.678. The van der Waals surface area contributed by atoms with E-state index in [2.05, 4.69) is 21.2 Å². The Morgan fingerprint density at radius 2 is 1.93 bits per heavy atom. The number of hydrogen-bond donors (Lipinski definition) is 1. The first kappa shape index (κ1) is 13.4. The molecular formula is C9H16BrNO3. The highest BCUT2D eigenvalue weighted by molar-refractivity contribution is 9.10. The van der Waals surface area contributed by atoms with Crippen LogP contribution in [0.2, 0.25) is 0 Å². The van der Waals surface area contributed by atoms with Gasteiger partial charge in [0.1, 0.15) is 12.1 Å². The second-order valence-corrected chi connectivity index (χ2v) is 5.29. The summed E-state index contributed by atoms with van der Waals surface area (Å²) >= 11 is 3.09. The summed E-state index contributed by atoms with van der Waals surface area (Å²) in [5.74, 6) is -0.658. The summed E-state index contributed by atoms with van der Waals surface area (Å²) in [6.45, 7) is 6.93. The summed E-state index contributed by atoms with van der Waals surface area (Å²) < 4.78 is 5.00. The molecule has 0 saturated carbocycles. The van der Waals surface area contributed by atoms with Crippen LogP contribution in [-0.4, -0.2) is 28.8 Å². The van der Waals surface area contributed by atoms with Gasteiger partial charge in [-0.05, 0) is 27.7 Å². The zero-order valence-electron chi connectivity index (χ0n) is 8.89. The van der Waals surface area contributed by atoms with Crippen molar-refractivity contribution in [2.75, 3.05) is 6.54 Å². The number of carbonyl (C=O) groups is 2. The molecule has 0 aromatic carbocycles. The first-order valence-corrected chi connectivity index (χ1v) is 5.27. The Balaban J connectivity index is 3.81. The summed E-state index contributed by atoms with van der Waals surface area (Å²) in [6, 6.07) is 0. The fourth-order valence-corrected chi connectivity index (χ4v) is 0.839. The number of carbonyl (C=O) groups excluding carboxylic acids is 2. The predicted molar refractivity (Wildman–Crippen MR) is 57.2 cm³/mol. The van der Waals surface area contributed by atoms with Gasteiger partial charge in [0.2, 0.25) is 5.91 Å². The lowest BCUT2D eigenvalue weighted by Gasteiger charge is -2.19. The number of hydrogen-bond acceptors (Lipinski definition) is 3. The van der Waals surface area contributed by atoms with Crippen LogP contribution in [0.5, 0.6) is 0 Å². The van der Waals surface area contributed by atoms with Crippen LogP contribution in [0.3, 0.4) is 0 Å². The van der Waals surface area contributed by atoms with Gasteiger partial charge in [-0.3, -0.25) is 9.59 Å². The highest BCUT2D eigenvalue weighted by Crippen LogP contribution is 2.06. The number of ether oxygens (including phenoxy) is 1. The number of nitrogens with one attached hydrogen (secondary N) is 1. The lowest BCUT2D eigenvalue weighted by atomic mass is 10.2. The van der Waals surface area contributed by atoms with Gasteiger partial charge in [0.25, 0.3) is 0 Å². The van der Waals surface area contributed by atoms with Gasteiger partial charge in [0.15, 0.2) is 0 Å². The second kappa shape index (κ2) is 5.34. The molecule has 0 heterocycles. The second-order valence-electron chi connectivity index (χ2n) is 3.92. The summed E-state index contributed by atoms with van der Waals surface area (Å²) in [6.07, 6.45) is 0. The monoisotopic (exact) mass is 265 g/mol. The van der Waals surface area contributed by atoms with E-state index in [0.29, 0.717) is 0 Å². The molecule has 1 unspecified atom stereocenters. The molecule has 4 nitrogen and oxygen atoms in total. The number of alkyl halides is 1. The lowest BCUT2D eigenvalue weighted by molar-refractivity contribution is -0.154. The van der Waals surface area contributed by atoms with Crippen LogP contribution in [0.1, 0.15) is 27.7 Å². The Bertz CT molecular complexity index is 221. The van der Waals surface area contributed by atoms with E-state index in [1.165, 1.54) is 0 Å². The molecule has 0 saturated heterocycles. The molecule has 14 heavy (non-hydrogen) atoms. The van der Waals surface area contributed by atoms with Gasteiger partial charge in [-0.25, -0.2) is 0 Å². The maximum absolute atomic E-state index is 11.1. The first-order chi connectivity index (χ1) is 6.22. The Morgan fingerprint density at radius 1 is 1.43 bits per heavy atom. The molecular weight excluding hydrogens is 250 g/mol. The van der Waals surface area contributed by atoms with E-state index in [9.17, 15) is 9.59 Å². The molecule has 1 atom stereocenters. The van der Waals surface area contributed by atoms with Crippen molar-refractivity contribution in [1.82, 2.24) is 5.32 Å². The third-order valence-corrected chi connectivity index (χ3v) is 1.60. The zero-order valence-corrected chi connectivity index (χ0v) is 10.5. The summed E-state index contributed by atoms with van der Waals surface area (Å²) in [4.78, 5) is 21.9. The van der Waals surface area contributed by atoms with Crippen LogP contribution in [0.15, 0.2) is 0 Å². The van der Waals surface area contributed by atoms with Crippen LogP contribution in [0.25, 0.3) is 0 Å². The van der Waals surface area contributed by atoms with E-state index < -0.39 is 11.6 Å². The molecule has 0 aliphatic rings. The SMILES string of the molecule is CC(Br)C(=O)NCC(=O)OC(C)(C)C. The maximum Gasteiger partial charge on any atom is 0.325 e. The largest absolute Gasteiger partial charge is 0.459 e. The molecule has 0 aromatic heterocycles. The molecule has 0 bridgehead atoms. The zero-order chi connectivity index (χ0) is 11.4. The minimum atomic E-state index is -0.512. The Kier molecular flexibility index (Phi) is 5.12. The smallest absolute Gasteiger partial charge is 0.325 e. The predicted octanol–water partition coefficient (Wildman–Crippen LogP) is 1.23. The summed E-state index contributed by atoms with van der Waals surface area (Å²) in [5.41, 5.74) is -0.512. The Hall–Kier alpha value is -0.580. The van der Waals surface area contributed by atoms with Crippen LogP contribution in [-0.2, 0) is 14.3 Å². The highest BCUT2D eigenvalue weighted by atomic mass is 79.9. The van der Waals surface area contributed by atoms with E-state index in [-0.39, 0.29) is 17.3 Å². The molecule has 1 N–H and O–H groups in total. The number of esters is 1. The van der Waals surface area contributed by atoms with Crippen LogP contribution in [0, 0.1) is 0 Å². The van der Waals surface area contributed by atoms with Crippen LogP contribution in [0.4, 0.5) is 0 Å². The van der Waals surface area contributed by atoms with Crippen molar-refractivity contribution < 1.29 is 14.3 Å². The minimum absolute atomic E-state index is 0.0912. The Morgan fingerprint density at radius 3 is 2.29 bits per heavy atom. The molecule has 0 rings (SSSR count). The van der Waals surface area contributed by atoms with E-state index in [1.807, 2.05) is 0 Å². The van der Waals surface area contributed by atoms with Gasteiger partial charge in [0, 0.05) is 0 Å². The number of amides is 1. The van der Waals surface area contributed by atoms with Crippen molar-refractivity contribution in [3.8, 4) is 0 Å². The van der Waals surface area contributed by atoms with Crippen molar-refractivity contribution in [1.29, 1.82) is 0 Å². The van der Waals surface area contributed by atoms with Crippen molar-refractivity contribution >= 4 is 27.8 Å². The quantitative estimate of drug-likeness (QED) is 0.617. The molecule has 0 aliphatic heterocycles. The van der Waals surface area contributed by atoms with Crippen molar-refractivity contribution in [2.24, 2.45) is 0 Å². The van der Waals surface area contributed by atoms with Crippen molar-refractivity contribution in [3.05, 3.63) is 0 Å². The average Bonchev–Trinajstić information content (AvgIpc) is 1.96. The molecule has 82 valence electrons. The van der Waals surface area contributed by atoms with Gasteiger partial charge < -0.3 is 10.1 Å². The van der Waals surface area contributed by atoms with E-state index in [4.69, 9.17) is 4.74 Å². The molecule has 0 aliphatic carbocycles. The lowest BCUT2D eigenvalue weighted by Crippen LogP contribution is -2.37. The normalized spacial score (nSPS) is 13.2. The molecule has 0 fully saturated rings. The molecule has 0 radical (unpaired) electrons. The van der Waals surface area contributed by atoms with Crippen molar-refractivity contribution in [2.45, 2.75) is 38.1 Å². The van der Waals surface area contributed by atoms with Crippen LogP contribution < -0.4 is 5.32 Å².